The molecule has 3 unspecified atom stereocenters. The predicted molar refractivity (Wildman–Crippen MR) is 161 cm³/mol. The molecule has 1 saturated heterocycles. The van der Waals surface area contributed by atoms with Crippen LogP contribution in [0.15, 0.2) is 84.9 Å². The Morgan fingerprint density at radius 3 is 1.77 bits per heavy atom. The number of carbonyl (C=O) groups excluding carboxylic acids is 2. The van der Waals surface area contributed by atoms with E-state index in [-0.39, 0.29) is 10.9 Å². The summed E-state index contributed by atoms with van der Waals surface area (Å²) in [6.07, 6.45) is -7.46. The summed E-state index contributed by atoms with van der Waals surface area (Å²) in [5.74, 6) is -11.9. The first kappa shape index (κ1) is 33.9. The Hall–Kier alpha value is -4.43. The van der Waals surface area contributed by atoms with Crippen LogP contribution in [0.2, 0.25) is 0 Å². The van der Waals surface area contributed by atoms with Crippen LogP contribution >= 0.6 is 7.14 Å². The highest BCUT2D eigenvalue weighted by Crippen LogP contribution is 2.43. The van der Waals surface area contributed by atoms with Gasteiger partial charge in [-0.1, -0.05) is 78.9 Å². The first-order valence-corrected chi connectivity index (χ1v) is 15.7. The van der Waals surface area contributed by atoms with Gasteiger partial charge in [-0.2, -0.15) is 0 Å². The Morgan fingerprint density at radius 1 is 0.723 bits per heavy atom. The zero-order chi connectivity index (χ0) is 34.0. The highest BCUT2D eigenvalue weighted by Gasteiger charge is 2.45. The van der Waals surface area contributed by atoms with Crippen LogP contribution in [0, 0.1) is 23.3 Å². The summed E-state index contributed by atoms with van der Waals surface area (Å²) < 4.78 is 80.6. The maximum Gasteiger partial charge on any atom is 0.257 e. The Labute approximate surface area is 264 Å². The van der Waals surface area contributed by atoms with Gasteiger partial charge < -0.3 is 40.4 Å². The predicted octanol–water partition coefficient (Wildman–Crippen LogP) is 1.66. The van der Waals surface area contributed by atoms with Gasteiger partial charge in [0.1, 0.15) is 35.6 Å². The molecule has 4 aromatic carbocycles. The molecule has 2 amide bonds. The van der Waals surface area contributed by atoms with Gasteiger partial charge in [0.25, 0.3) is 11.8 Å². The normalized spacial score (nSPS) is 21.2. The molecule has 15 heteroatoms. The summed E-state index contributed by atoms with van der Waals surface area (Å²) in [5, 5.41) is 43.6. The summed E-state index contributed by atoms with van der Waals surface area (Å²) in [6, 6.07) is 19.8. The van der Waals surface area contributed by atoms with E-state index in [1.54, 1.807) is 71.3 Å². The van der Waals surface area contributed by atoms with Crippen molar-refractivity contribution in [2.24, 2.45) is 0 Å². The number of carbonyl (C=O) groups is 2. The maximum atomic E-state index is 15.3. The first-order valence-electron chi connectivity index (χ1n) is 14.0. The molecule has 1 fully saturated rings. The average Bonchev–Trinajstić information content (AvgIpc) is 3.09. The lowest BCUT2D eigenvalue weighted by molar-refractivity contribution is -0.252. The SMILES string of the molecule is O=C(Nc1c(F)c(F)c(C(=O)NC2C(O)[C@H](O)C(CO)O[C@H]2O)c(F)c1F)c1ccccc1P(=O)(c1ccccc1)c1ccccc1. The number of rotatable bonds is 8. The molecule has 1 aliphatic rings. The number of benzene rings is 4. The van der Waals surface area contributed by atoms with Gasteiger partial charge >= 0.3 is 0 Å². The lowest BCUT2D eigenvalue weighted by atomic mass is 9.96. The molecule has 0 bridgehead atoms. The van der Waals surface area contributed by atoms with Crippen molar-refractivity contribution in [3.63, 3.8) is 0 Å². The third-order valence-corrected chi connectivity index (χ3v) is 10.8. The molecule has 0 aliphatic carbocycles. The van der Waals surface area contributed by atoms with E-state index < -0.39 is 90.7 Å². The largest absolute Gasteiger partial charge is 0.394 e. The number of amides is 2. The van der Waals surface area contributed by atoms with E-state index in [4.69, 9.17) is 4.74 Å². The standard InChI is InChI=1S/C32H27F4N2O8P/c33-22-21(31(43)38-27-29(41)28(40)19(15-39)46-32(27)44)23(34)25(36)26(24(22)35)37-30(42)18-13-7-8-14-20(18)47(45,16-9-3-1-4-10-16)17-11-5-2-6-12-17/h1-14,19,27-29,32,39-41,44H,15H2,(H,37,42)(H,38,43)/t19?,27?,28-,29?,32-/m1/s1. The fourth-order valence-electron chi connectivity index (χ4n) is 5.24. The van der Waals surface area contributed by atoms with Gasteiger partial charge in [0.05, 0.1) is 12.2 Å². The second-order valence-corrected chi connectivity index (χ2v) is 13.2. The van der Waals surface area contributed by atoms with Gasteiger partial charge in [-0.05, 0) is 6.07 Å². The van der Waals surface area contributed by atoms with Crippen LogP contribution in [0.1, 0.15) is 20.7 Å². The highest BCUT2D eigenvalue weighted by molar-refractivity contribution is 7.85. The molecule has 1 heterocycles. The van der Waals surface area contributed by atoms with Crippen molar-refractivity contribution in [3.05, 3.63) is 119 Å². The molecule has 0 aromatic heterocycles. The zero-order valence-corrected chi connectivity index (χ0v) is 25.0. The number of ether oxygens (including phenoxy) is 1. The van der Waals surface area contributed by atoms with Crippen LogP contribution in [0.25, 0.3) is 0 Å². The molecule has 5 atom stereocenters. The molecular formula is C32H27F4N2O8P. The molecule has 4 aromatic rings. The topological polar surface area (TPSA) is 165 Å². The van der Waals surface area contributed by atoms with Crippen LogP contribution < -0.4 is 26.5 Å². The van der Waals surface area contributed by atoms with Crippen molar-refractivity contribution >= 4 is 40.6 Å². The number of anilines is 1. The number of aliphatic hydroxyl groups is 4. The van der Waals surface area contributed by atoms with Gasteiger partial charge in [0, 0.05) is 15.9 Å². The maximum absolute atomic E-state index is 15.3. The van der Waals surface area contributed by atoms with Crippen molar-refractivity contribution in [1.82, 2.24) is 5.32 Å². The molecule has 0 radical (unpaired) electrons. The third-order valence-electron chi connectivity index (χ3n) is 7.65. The lowest BCUT2D eigenvalue weighted by Gasteiger charge is -2.40. The van der Waals surface area contributed by atoms with Crippen LogP contribution in [0.3, 0.4) is 0 Å². The summed E-state index contributed by atoms with van der Waals surface area (Å²) in [7, 11) is -3.81. The molecule has 10 nitrogen and oxygen atoms in total. The summed E-state index contributed by atoms with van der Waals surface area (Å²) in [4.78, 5) is 26.2. The van der Waals surface area contributed by atoms with E-state index in [2.05, 4.69) is 0 Å². The minimum atomic E-state index is -3.81. The quantitative estimate of drug-likeness (QED) is 0.0934. The van der Waals surface area contributed by atoms with Crippen molar-refractivity contribution in [3.8, 4) is 0 Å². The van der Waals surface area contributed by atoms with Crippen molar-refractivity contribution in [2.45, 2.75) is 30.6 Å². The minimum absolute atomic E-state index is 0.0369. The Kier molecular flexibility index (Phi) is 9.92. The first-order chi connectivity index (χ1) is 22.4. The van der Waals surface area contributed by atoms with E-state index >= 15 is 17.6 Å². The second kappa shape index (κ2) is 13.7. The molecular weight excluding hydrogens is 647 g/mol. The van der Waals surface area contributed by atoms with Crippen molar-refractivity contribution < 1.29 is 56.9 Å². The number of hydrogen-bond donors (Lipinski definition) is 6. The fraction of sp³-hybridized carbons (Fsp3) is 0.188. The third kappa shape index (κ3) is 6.19. The molecule has 5 rings (SSSR count). The molecule has 0 spiro atoms. The van der Waals surface area contributed by atoms with Crippen LogP contribution in [0.4, 0.5) is 23.2 Å². The van der Waals surface area contributed by atoms with Gasteiger partial charge in [-0.25, -0.2) is 17.6 Å². The summed E-state index contributed by atoms with van der Waals surface area (Å²) >= 11 is 0. The van der Waals surface area contributed by atoms with E-state index in [1.165, 1.54) is 24.3 Å². The van der Waals surface area contributed by atoms with E-state index in [0.29, 0.717) is 10.6 Å². The number of nitrogens with one attached hydrogen (secondary N) is 2. The van der Waals surface area contributed by atoms with Crippen molar-refractivity contribution in [1.29, 1.82) is 0 Å². The van der Waals surface area contributed by atoms with Gasteiger partial charge in [-0.15, -0.1) is 0 Å². The number of aliphatic hydroxyl groups excluding tert-OH is 4. The lowest BCUT2D eigenvalue weighted by Crippen LogP contribution is -2.64. The van der Waals surface area contributed by atoms with E-state index in [0.717, 1.165) is 0 Å². The second-order valence-electron chi connectivity index (χ2n) is 10.5. The molecule has 0 saturated carbocycles. The zero-order valence-electron chi connectivity index (χ0n) is 24.1. The Bertz CT molecular complexity index is 1780. The molecule has 47 heavy (non-hydrogen) atoms. The van der Waals surface area contributed by atoms with Crippen LogP contribution in [-0.4, -0.2) is 69.5 Å². The smallest absolute Gasteiger partial charge is 0.257 e. The van der Waals surface area contributed by atoms with Crippen LogP contribution in [0.5, 0.6) is 0 Å². The van der Waals surface area contributed by atoms with Crippen molar-refractivity contribution in [2.75, 3.05) is 11.9 Å². The summed E-state index contributed by atoms with van der Waals surface area (Å²) in [6.45, 7) is -0.844. The highest BCUT2D eigenvalue weighted by atomic mass is 31.2. The van der Waals surface area contributed by atoms with Gasteiger partial charge in [0.2, 0.25) is 0 Å². The van der Waals surface area contributed by atoms with E-state index in [1.807, 2.05) is 0 Å². The fourth-order valence-corrected chi connectivity index (χ4v) is 8.09. The monoisotopic (exact) mass is 674 g/mol. The average molecular weight is 675 g/mol. The summed E-state index contributed by atoms with van der Waals surface area (Å²) in [5.41, 5.74) is -3.73. The number of halogens is 4. The Balaban J connectivity index is 1.49. The molecule has 246 valence electrons. The number of hydrogen-bond acceptors (Lipinski definition) is 8. The van der Waals surface area contributed by atoms with Crippen LogP contribution in [-0.2, 0) is 9.30 Å². The molecule has 1 aliphatic heterocycles. The molecule has 6 N–H and O–H groups in total. The minimum Gasteiger partial charge on any atom is -0.394 e. The van der Waals surface area contributed by atoms with E-state index in [9.17, 15) is 34.6 Å². The Morgan fingerprint density at radius 2 is 1.23 bits per heavy atom. The van der Waals surface area contributed by atoms with Gasteiger partial charge in [0.15, 0.2) is 36.7 Å². The van der Waals surface area contributed by atoms with Gasteiger partial charge in [-0.3, -0.25) is 9.59 Å².